The summed E-state index contributed by atoms with van der Waals surface area (Å²) in [6, 6.07) is 5.44. The number of amides is 1. The number of thiazole rings is 1. The van der Waals surface area contributed by atoms with Crippen LogP contribution < -0.4 is 10.1 Å². The number of rotatable bonds is 5. The third kappa shape index (κ3) is 3.05. The average molecular weight is 294 g/mol. The van der Waals surface area contributed by atoms with Crippen molar-refractivity contribution >= 4 is 38.6 Å². The van der Waals surface area contributed by atoms with Gasteiger partial charge in [0, 0.05) is 0 Å². The van der Waals surface area contributed by atoms with Crippen LogP contribution in [0.2, 0.25) is 0 Å². The van der Waals surface area contributed by atoms with Crippen molar-refractivity contribution in [3.05, 3.63) is 18.2 Å². The first-order valence-electron chi connectivity index (χ1n) is 6.08. The van der Waals surface area contributed by atoms with E-state index in [4.69, 9.17) is 9.84 Å². The maximum atomic E-state index is 11.7. The first-order chi connectivity index (χ1) is 9.51. The summed E-state index contributed by atoms with van der Waals surface area (Å²) in [6.45, 7) is 3.80. The molecule has 1 heterocycles. The molecule has 0 fully saturated rings. The molecule has 0 radical (unpaired) electrons. The first-order valence-corrected chi connectivity index (χ1v) is 6.90. The minimum absolute atomic E-state index is 0.381. The number of nitrogens with zero attached hydrogens (tertiary/aromatic N) is 1. The van der Waals surface area contributed by atoms with Gasteiger partial charge >= 0.3 is 5.97 Å². The number of carbonyl (C=O) groups is 2. The highest BCUT2D eigenvalue weighted by Crippen LogP contribution is 2.29. The van der Waals surface area contributed by atoms with E-state index >= 15 is 0 Å². The van der Waals surface area contributed by atoms with E-state index in [2.05, 4.69) is 10.3 Å². The van der Waals surface area contributed by atoms with E-state index in [0.717, 1.165) is 16.0 Å². The van der Waals surface area contributed by atoms with Crippen LogP contribution in [0, 0.1) is 5.92 Å². The number of carbonyl (C=O) groups excluding carboxylic acids is 1. The molecule has 7 heteroatoms. The molecule has 6 nitrogen and oxygen atoms in total. The molecule has 20 heavy (non-hydrogen) atoms. The molecule has 1 amide bonds. The maximum Gasteiger partial charge on any atom is 0.315 e. The van der Waals surface area contributed by atoms with Gasteiger partial charge in [-0.2, -0.15) is 0 Å². The lowest BCUT2D eigenvalue weighted by Gasteiger charge is -2.04. The molecular weight excluding hydrogens is 280 g/mol. The van der Waals surface area contributed by atoms with Crippen molar-refractivity contribution in [3.63, 3.8) is 0 Å². The number of hydrogen-bond donors (Lipinski definition) is 2. The van der Waals surface area contributed by atoms with E-state index in [0.29, 0.717) is 11.7 Å². The summed E-state index contributed by atoms with van der Waals surface area (Å²) in [6.07, 6.45) is 0. The average Bonchev–Trinajstić information content (AvgIpc) is 2.79. The number of aliphatic carboxylic acids is 1. The van der Waals surface area contributed by atoms with Gasteiger partial charge in [0.25, 0.3) is 0 Å². The van der Waals surface area contributed by atoms with Crippen molar-refractivity contribution in [2.24, 2.45) is 5.92 Å². The molecule has 0 aliphatic rings. The molecular formula is C13H14N2O4S. The number of ether oxygens (including phenoxy) is 1. The van der Waals surface area contributed by atoms with Crippen molar-refractivity contribution in [2.75, 3.05) is 11.9 Å². The fraction of sp³-hybridized carbons (Fsp3) is 0.308. The van der Waals surface area contributed by atoms with E-state index < -0.39 is 17.8 Å². The molecule has 1 aromatic heterocycles. The third-order valence-corrected chi connectivity index (χ3v) is 3.60. The summed E-state index contributed by atoms with van der Waals surface area (Å²) >= 11 is 1.28. The summed E-state index contributed by atoms with van der Waals surface area (Å²) < 4.78 is 6.26. The quantitative estimate of drug-likeness (QED) is 0.826. The van der Waals surface area contributed by atoms with Crippen LogP contribution in [-0.4, -0.2) is 28.6 Å². The molecule has 0 aliphatic carbocycles. The monoisotopic (exact) mass is 294 g/mol. The van der Waals surface area contributed by atoms with Crippen LogP contribution in [0.4, 0.5) is 5.13 Å². The summed E-state index contributed by atoms with van der Waals surface area (Å²) in [7, 11) is 0. The Labute approximate surface area is 119 Å². The largest absolute Gasteiger partial charge is 0.494 e. The summed E-state index contributed by atoms with van der Waals surface area (Å²) in [5, 5.41) is 11.7. The highest BCUT2D eigenvalue weighted by Gasteiger charge is 2.21. The van der Waals surface area contributed by atoms with E-state index in [9.17, 15) is 9.59 Å². The lowest BCUT2D eigenvalue weighted by molar-refractivity contribution is -0.144. The van der Waals surface area contributed by atoms with E-state index in [1.807, 2.05) is 13.0 Å². The molecule has 0 aliphatic heterocycles. The number of hydrogen-bond acceptors (Lipinski definition) is 5. The van der Waals surface area contributed by atoms with Gasteiger partial charge < -0.3 is 15.2 Å². The molecule has 0 saturated heterocycles. The van der Waals surface area contributed by atoms with Crippen LogP contribution in [0.1, 0.15) is 13.8 Å². The van der Waals surface area contributed by atoms with E-state index in [-0.39, 0.29) is 0 Å². The predicted molar refractivity (Wildman–Crippen MR) is 76.2 cm³/mol. The van der Waals surface area contributed by atoms with Crippen LogP contribution in [0.3, 0.4) is 0 Å². The Kier molecular flexibility index (Phi) is 4.19. The van der Waals surface area contributed by atoms with Crippen LogP contribution in [0.25, 0.3) is 10.2 Å². The second-order valence-electron chi connectivity index (χ2n) is 4.13. The van der Waals surface area contributed by atoms with Gasteiger partial charge in [0.2, 0.25) is 5.91 Å². The summed E-state index contributed by atoms with van der Waals surface area (Å²) in [5.74, 6) is -2.12. The molecule has 0 saturated carbocycles. The van der Waals surface area contributed by atoms with Crippen molar-refractivity contribution in [1.82, 2.24) is 4.98 Å². The number of fused-ring (bicyclic) bond motifs is 1. The Hall–Kier alpha value is -2.15. The summed E-state index contributed by atoms with van der Waals surface area (Å²) in [5.41, 5.74) is 0.733. The molecule has 1 aromatic carbocycles. The van der Waals surface area contributed by atoms with Gasteiger partial charge in [0.15, 0.2) is 5.13 Å². The smallest absolute Gasteiger partial charge is 0.315 e. The van der Waals surface area contributed by atoms with Crippen molar-refractivity contribution in [1.29, 1.82) is 0 Å². The molecule has 2 N–H and O–H groups in total. The second-order valence-corrected chi connectivity index (χ2v) is 5.16. The number of benzene rings is 1. The molecule has 0 spiro atoms. The Morgan fingerprint density at radius 3 is 2.90 bits per heavy atom. The van der Waals surface area contributed by atoms with Gasteiger partial charge in [0.1, 0.15) is 11.7 Å². The van der Waals surface area contributed by atoms with Crippen molar-refractivity contribution in [2.45, 2.75) is 13.8 Å². The molecule has 1 unspecified atom stereocenters. The standard InChI is InChI=1S/C13H14N2O4S/c1-3-19-8-4-5-9-10(6-8)20-13(14-9)15-11(16)7(2)12(17)18/h4-7H,3H2,1-2H3,(H,17,18)(H,14,15,16). The SMILES string of the molecule is CCOc1ccc2nc(NC(=O)C(C)C(=O)O)sc2c1. The zero-order valence-electron chi connectivity index (χ0n) is 11.0. The fourth-order valence-corrected chi connectivity index (χ4v) is 2.44. The Balaban J connectivity index is 2.19. The molecule has 106 valence electrons. The van der Waals surface area contributed by atoms with Gasteiger partial charge in [0.05, 0.1) is 16.8 Å². The Morgan fingerprint density at radius 1 is 1.50 bits per heavy atom. The third-order valence-electron chi connectivity index (χ3n) is 2.66. The molecule has 1 atom stereocenters. The van der Waals surface area contributed by atoms with Gasteiger partial charge in [-0.1, -0.05) is 11.3 Å². The molecule has 2 aromatic rings. The number of carboxylic acid groups (broad SMARTS) is 1. The van der Waals surface area contributed by atoms with Crippen LogP contribution in [-0.2, 0) is 9.59 Å². The topological polar surface area (TPSA) is 88.5 Å². The highest BCUT2D eigenvalue weighted by molar-refractivity contribution is 7.22. The molecule has 2 rings (SSSR count). The first kappa shape index (κ1) is 14.3. The van der Waals surface area contributed by atoms with Gasteiger partial charge in [-0.05, 0) is 32.0 Å². The fourth-order valence-electron chi connectivity index (χ4n) is 1.54. The highest BCUT2D eigenvalue weighted by atomic mass is 32.1. The van der Waals surface area contributed by atoms with Crippen LogP contribution >= 0.6 is 11.3 Å². The number of nitrogens with one attached hydrogen (secondary N) is 1. The van der Waals surface area contributed by atoms with Crippen molar-refractivity contribution in [3.8, 4) is 5.75 Å². The number of aromatic nitrogens is 1. The Bertz CT molecular complexity index is 653. The zero-order valence-corrected chi connectivity index (χ0v) is 11.9. The second kappa shape index (κ2) is 5.87. The van der Waals surface area contributed by atoms with E-state index in [1.54, 1.807) is 12.1 Å². The van der Waals surface area contributed by atoms with Crippen LogP contribution in [0.15, 0.2) is 18.2 Å². The normalized spacial score (nSPS) is 12.1. The molecule has 0 bridgehead atoms. The lowest BCUT2D eigenvalue weighted by Crippen LogP contribution is -2.26. The van der Waals surface area contributed by atoms with Crippen LogP contribution in [0.5, 0.6) is 5.75 Å². The van der Waals surface area contributed by atoms with E-state index in [1.165, 1.54) is 18.3 Å². The van der Waals surface area contributed by atoms with Gasteiger partial charge in [-0.25, -0.2) is 4.98 Å². The number of anilines is 1. The zero-order chi connectivity index (χ0) is 14.7. The van der Waals surface area contributed by atoms with Crippen molar-refractivity contribution < 1.29 is 19.4 Å². The summed E-state index contributed by atoms with van der Waals surface area (Å²) in [4.78, 5) is 26.6. The Morgan fingerprint density at radius 2 is 2.25 bits per heavy atom. The maximum absolute atomic E-state index is 11.7. The minimum Gasteiger partial charge on any atom is -0.494 e. The predicted octanol–water partition coefficient (Wildman–Crippen LogP) is 2.35. The van der Waals surface area contributed by atoms with Gasteiger partial charge in [-0.3, -0.25) is 9.59 Å². The lowest BCUT2D eigenvalue weighted by atomic mass is 10.2. The van der Waals surface area contributed by atoms with Gasteiger partial charge in [-0.15, -0.1) is 0 Å². The minimum atomic E-state index is -1.16. The number of carboxylic acids is 1.